The Kier molecular flexibility index (Phi) is 4.40. The molecule has 3 aromatic rings. The molecule has 1 aliphatic heterocycles. The number of nitrogens with zero attached hydrogens (tertiary/aromatic N) is 6. The first kappa shape index (κ1) is 16.3. The van der Waals surface area contributed by atoms with Crippen LogP contribution in [-0.4, -0.2) is 55.2 Å². The van der Waals surface area contributed by atoms with Gasteiger partial charge < -0.3 is 9.64 Å². The Balaban J connectivity index is 1.54. The van der Waals surface area contributed by atoms with Crippen molar-refractivity contribution in [3.63, 3.8) is 0 Å². The fraction of sp³-hybridized carbons (Fsp3) is 0.278. The molecule has 0 radical (unpaired) electrons. The van der Waals surface area contributed by atoms with Gasteiger partial charge in [-0.15, -0.1) is 10.2 Å². The van der Waals surface area contributed by atoms with E-state index in [4.69, 9.17) is 4.74 Å². The van der Waals surface area contributed by atoms with E-state index in [1.54, 1.807) is 28.3 Å². The third-order valence-electron chi connectivity index (χ3n) is 4.29. The summed E-state index contributed by atoms with van der Waals surface area (Å²) in [7, 11) is 0. The average Bonchev–Trinajstić information content (AvgIpc) is 3.22. The Labute approximate surface area is 150 Å². The van der Waals surface area contributed by atoms with E-state index in [2.05, 4.69) is 20.2 Å². The second-order valence-electron chi connectivity index (χ2n) is 6.06. The van der Waals surface area contributed by atoms with Crippen LogP contribution >= 0.6 is 0 Å². The molecular weight excluding hydrogens is 332 g/mol. The number of carbonyl (C=O) groups excluding carboxylic acids is 1. The van der Waals surface area contributed by atoms with E-state index in [9.17, 15) is 4.79 Å². The summed E-state index contributed by atoms with van der Waals surface area (Å²) in [5.41, 5.74) is 2.26. The molecule has 0 aliphatic carbocycles. The smallest absolute Gasteiger partial charge is 0.254 e. The van der Waals surface area contributed by atoms with Crippen molar-refractivity contribution in [1.82, 2.24) is 29.6 Å². The van der Waals surface area contributed by atoms with E-state index >= 15 is 0 Å². The highest BCUT2D eigenvalue weighted by molar-refractivity contribution is 5.94. The molecule has 0 saturated carbocycles. The third kappa shape index (κ3) is 3.31. The Morgan fingerprint density at radius 3 is 2.88 bits per heavy atom. The molecule has 1 saturated heterocycles. The number of hydrogen-bond acceptors (Lipinski definition) is 6. The number of morpholine rings is 1. The van der Waals surface area contributed by atoms with Gasteiger partial charge in [-0.3, -0.25) is 9.36 Å². The topological polar surface area (TPSA) is 86.0 Å². The standard InChI is InChI=1S/C18H18N6O2/c1-13-19-6-5-16(22-13)17-10-23(7-8-26-17)18(25)14-3-2-4-15(9-14)24-11-20-21-12-24/h2-6,9,11-12,17H,7-8,10H2,1H3. The number of benzene rings is 1. The molecule has 0 bridgehead atoms. The molecule has 1 amide bonds. The number of carbonyl (C=O) groups is 1. The molecule has 4 rings (SSSR count). The summed E-state index contributed by atoms with van der Waals surface area (Å²) in [5, 5.41) is 7.61. The van der Waals surface area contributed by atoms with Gasteiger partial charge in [0.1, 0.15) is 24.6 Å². The van der Waals surface area contributed by atoms with Gasteiger partial charge in [-0.1, -0.05) is 6.07 Å². The SMILES string of the molecule is Cc1nccc(C2CN(C(=O)c3cccc(-n4cnnc4)c3)CCO2)n1. The van der Waals surface area contributed by atoms with Crippen LogP contribution in [0, 0.1) is 6.92 Å². The van der Waals surface area contributed by atoms with Gasteiger partial charge in [0, 0.05) is 24.0 Å². The second kappa shape index (κ2) is 7.01. The lowest BCUT2D eigenvalue weighted by Gasteiger charge is -2.32. The lowest BCUT2D eigenvalue weighted by Crippen LogP contribution is -2.42. The minimum absolute atomic E-state index is 0.0287. The van der Waals surface area contributed by atoms with Crippen molar-refractivity contribution in [1.29, 1.82) is 0 Å². The summed E-state index contributed by atoms with van der Waals surface area (Å²) in [4.78, 5) is 23.3. The Morgan fingerprint density at radius 1 is 1.23 bits per heavy atom. The third-order valence-corrected chi connectivity index (χ3v) is 4.29. The van der Waals surface area contributed by atoms with Crippen molar-refractivity contribution < 1.29 is 9.53 Å². The van der Waals surface area contributed by atoms with Crippen molar-refractivity contribution in [3.05, 3.63) is 66.3 Å². The van der Waals surface area contributed by atoms with Gasteiger partial charge in [0.15, 0.2) is 0 Å². The molecule has 2 aromatic heterocycles. The monoisotopic (exact) mass is 350 g/mol. The first-order chi connectivity index (χ1) is 12.7. The zero-order valence-corrected chi connectivity index (χ0v) is 14.3. The molecule has 8 heteroatoms. The van der Waals surface area contributed by atoms with Crippen molar-refractivity contribution >= 4 is 5.91 Å². The molecule has 26 heavy (non-hydrogen) atoms. The summed E-state index contributed by atoms with van der Waals surface area (Å²) in [5.74, 6) is 0.662. The molecule has 0 N–H and O–H groups in total. The fourth-order valence-electron chi connectivity index (χ4n) is 2.98. The zero-order valence-electron chi connectivity index (χ0n) is 14.3. The first-order valence-corrected chi connectivity index (χ1v) is 8.36. The van der Waals surface area contributed by atoms with Gasteiger partial charge in [0.05, 0.1) is 18.8 Å². The minimum Gasteiger partial charge on any atom is -0.368 e. The van der Waals surface area contributed by atoms with Crippen LogP contribution in [0.15, 0.2) is 49.2 Å². The maximum absolute atomic E-state index is 13.0. The molecule has 1 aromatic carbocycles. The van der Waals surface area contributed by atoms with Crippen LogP contribution in [0.3, 0.4) is 0 Å². The number of rotatable bonds is 3. The molecule has 0 spiro atoms. The maximum atomic E-state index is 13.0. The fourth-order valence-corrected chi connectivity index (χ4v) is 2.98. The van der Waals surface area contributed by atoms with Crippen LogP contribution in [0.5, 0.6) is 0 Å². The molecule has 1 atom stereocenters. The van der Waals surface area contributed by atoms with Crippen molar-refractivity contribution in [3.8, 4) is 5.69 Å². The van der Waals surface area contributed by atoms with Gasteiger partial charge in [0.2, 0.25) is 0 Å². The molecule has 132 valence electrons. The molecule has 3 heterocycles. The highest BCUT2D eigenvalue weighted by atomic mass is 16.5. The quantitative estimate of drug-likeness (QED) is 0.713. The lowest BCUT2D eigenvalue weighted by atomic mass is 10.1. The summed E-state index contributed by atoms with van der Waals surface area (Å²) >= 11 is 0. The van der Waals surface area contributed by atoms with Gasteiger partial charge in [-0.05, 0) is 31.2 Å². The van der Waals surface area contributed by atoms with Crippen LogP contribution in [0.1, 0.15) is 28.0 Å². The van der Waals surface area contributed by atoms with E-state index < -0.39 is 0 Å². The maximum Gasteiger partial charge on any atom is 0.254 e. The highest BCUT2D eigenvalue weighted by Crippen LogP contribution is 2.22. The summed E-state index contributed by atoms with van der Waals surface area (Å²) in [6.07, 6.45) is 4.68. The molecule has 1 unspecified atom stereocenters. The van der Waals surface area contributed by atoms with Crippen LogP contribution in [0.25, 0.3) is 5.69 Å². The predicted molar refractivity (Wildman–Crippen MR) is 92.7 cm³/mol. The van der Waals surface area contributed by atoms with E-state index in [1.165, 1.54) is 0 Å². The molecular formula is C18H18N6O2. The minimum atomic E-state index is -0.240. The molecule has 1 aliphatic rings. The number of amides is 1. The second-order valence-corrected chi connectivity index (χ2v) is 6.06. The van der Waals surface area contributed by atoms with Crippen molar-refractivity contribution in [2.24, 2.45) is 0 Å². The van der Waals surface area contributed by atoms with Gasteiger partial charge in [0.25, 0.3) is 5.91 Å². The largest absolute Gasteiger partial charge is 0.368 e. The van der Waals surface area contributed by atoms with E-state index in [-0.39, 0.29) is 12.0 Å². The van der Waals surface area contributed by atoms with Gasteiger partial charge >= 0.3 is 0 Å². The average molecular weight is 350 g/mol. The first-order valence-electron chi connectivity index (χ1n) is 8.36. The number of ether oxygens (including phenoxy) is 1. The highest BCUT2D eigenvalue weighted by Gasteiger charge is 2.27. The molecule has 1 fully saturated rings. The van der Waals surface area contributed by atoms with Crippen molar-refractivity contribution in [2.75, 3.05) is 19.7 Å². The summed E-state index contributed by atoms with van der Waals surface area (Å²) in [6.45, 7) is 3.33. The van der Waals surface area contributed by atoms with Crippen LogP contribution < -0.4 is 0 Å². The number of aromatic nitrogens is 5. The van der Waals surface area contributed by atoms with E-state index in [1.807, 2.05) is 37.3 Å². The summed E-state index contributed by atoms with van der Waals surface area (Å²) in [6, 6.07) is 9.25. The van der Waals surface area contributed by atoms with Crippen LogP contribution in [-0.2, 0) is 4.74 Å². The zero-order chi connectivity index (χ0) is 17.9. The Morgan fingerprint density at radius 2 is 2.08 bits per heavy atom. The number of hydrogen-bond donors (Lipinski definition) is 0. The van der Waals surface area contributed by atoms with Gasteiger partial charge in [-0.2, -0.15) is 0 Å². The number of aryl methyl sites for hydroxylation is 1. The van der Waals surface area contributed by atoms with Gasteiger partial charge in [-0.25, -0.2) is 9.97 Å². The van der Waals surface area contributed by atoms with E-state index in [0.717, 1.165) is 11.4 Å². The Hall–Kier alpha value is -3.13. The van der Waals surface area contributed by atoms with Crippen LogP contribution in [0.2, 0.25) is 0 Å². The summed E-state index contributed by atoms with van der Waals surface area (Å²) < 4.78 is 7.58. The lowest BCUT2D eigenvalue weighted by molar-refractivity contribution is -0.0248. The molecule has 8 nitrogen and oxygen atoms in total. The van der Waals surface area contributed by atoms with Crippen LogP contribution in [0.4, 0.5) is 0 Å². The Bertz CT molecular complexity index is 912. The van der Waals surface area contributed by atoms with Crippen molar-refractivity contribution in [2.45, 2.75) is 13.0 Å². The predicted octanol–water partition coefficient (Wildman–Crippen LogP) is 1.58. The normalized spacial score (nSPS) is 17.3. The van der Waals surface area contributed by atoms with E-state index in [0.29, 0.717) is 31.1 Å².